The van der Waals surface area contributed by atoms with Gasteiger partial charge in [-0.1, -0.05) is 34.0 Å². The number of ketones is 1. The van der Waals surface area contributed by atoms with Gasteiger partial charge < -0.3 is 0 Å². The van der Waals surface area contributed by atoms with E-state index in [1.807, 2.05) is 6.92 Å². The van der Waals surface area contributed by atoms with Gasteiger partial charge in [-0.05, 0) is 24.1 Å². The molecule has 1 aromatic carbocycles. The lowest BCUT2D eigenvalue weighted by atomic mass is 10.1. The summed E-state index contributed by atoms with van der Waals surface area (Å²) in [6.07, 6.45) is 1.24. The van der Waals surface area contributed by atoms with Crippen molar-refractivity contribution in [2.75, 3.05) is 0 Å². The Hall–Kier alpha value is -1.32. The van der Waals surface area contributed by atoms with Crippen molar-refractivity contribution in [3.63, 3.8) is 0 Å². The molecule has 5 heteroatoms. The third-order valence-electron chi connectivity index (χ3n) is 1.89. The van der Waals surface area contributed by atoms with Gasteiger partial charge in [0.2, 0.25) is 0 Å². The lowest BCUT2D eigenvalue weighted by Gasteiger charge is -2.03. The van der Waals surface area contributed by atoms with Crippen LogP contribution in [-0.4, -0.2) is 5.78 Å². The monoisotopic (exact) mass is 267 g/mol. The van der Waals surface area contributed by atoms with Gasteiger partial charge in [0.15, 0.2) is 5.78 Å². The molecule has 0 aliphatic carbocycles. The number of carbonyl (C=O) groups excluding carboxylic acids is 1. The SMILES string of the molecule is CCCC(=O)c1cc(Br)ccc1N=[N+]=[N-]. The number of carbonyl (C=O) groups is 1. The number of hydrogen-bond acceptors (Lipinski definition) is 2. The molecule has 0 N–H and O–H groups in total. The Kier molecular flexibility index (Phi) is 4.34. The van der Waals surface area contributed by atoms with Crippen LogP contribution in [0.3, 0.4) is 0 Å². The van der Waals surface area contributed by atoms with E-state index >= 15 is 0 Å². The first-order valence-electron chi connectivity index (χ1n) is 4.57. The summed E-state index contributed by atoms with van der Waals surface area (Å²) in [6.45, 7) is 1.93. The Morgan fingerprint density at radius 1 is 1.60 bits per heavy atom. The van der Waals surface area contributed by atoms with Gasteiger partial charge in [0.1, 0.15) is 0 Å². The third-order valence-corrected chi connectivity index (χ3v) is 2.38. The minimum atomic E-state index is 0.00111. The highest BCUT2D eigenvalue weighted by Gasteiger charge is 2.09. The van der Waals surface area contributed by atoms with E-state index in [-0.39, 0.29) is 5.78 Å². The number of benzene rings is 1. The minimum absolute atomic E-state index is 0.00111. The fourth-order valence-electron chi connectivity index (χ4n) is 1.23. The Morgan fingerprint density at radius 3 is 2.93 bits per heavy atom. The molecule has 0 amide bonds. The largest absolute Gasteiger partial charge is 0.294 e. The molecule has 0 atom stereocenters. The molecule has 78 valence electrons. The smallest absolute Gasteiger partial charge is 0.163 e. The fourth-order valence-corrected chi connectivity index (χ4v) is 1.59. The number of Topliss-reactive ketones (excluding diaryl/α,β-unsaturated/α-hetero) is 1. The van der Waals surface area contributed by atoms with Crippen LogP contribution < -0.4 is 0 Å². The van der Waals surface area contributed by atoms with Crippen molar-refractivity contribution in [1.29, 1.82) is 0 Å². The number of rotatable bonds is 4. The predicted octanol–water partition coefficient (Wildman–Crippen LogP) is 4.37. The van der Waals surface area contributed by atoms with Crippen molar-refractivity contribution in [2.24, 2.45) is 5.11 Å². The lowest BCUT2D eigenvalue weighted by molar-refractivity contribution is 0.0982. The van der Waals surface area contributed by atoms with Crippen molar-refractivity contribution in [1.82, 2.24) is 0 Å². The Balaban J connectivity index is 3.17. The van der Waals surface area contributed by atoms with Crippen molar-refractivity contribution in [3.8, 4) is 0 Å². The first kappa shape index (κ1) is 11.8. The quantitative estimate of drug-likeness (QED) is 0.346. The third kappa shape index (κ3) is 3.08. The maximum Gasteiger partial charge on any atom is 0.163 e. The number of halogens is 1. The molecule has 0 unspecified atom stereocenters. The van der Waals surface area contributed by atoms with Crippen molar-refractivity contribution in [2.45, 2.75) is 19.8 Å². The zero-order chi connectivity index (χ0) is 11.3. The fraction of sp³-hybridized carbons (Fsp3) is 0.300. The van der Waals surface area contributed by atoms with Crippen LogP contribution in [0.5, 0.6) is 0 Å². The van der Waals surface area contributed by atoms with Crippen molar-refractivity contribution in [3.05, 3.63) is 38.7 Å². The maximum atomic E-state index is 11.7. The van der Waals surface area contributed by atoms with Crippen LogP contribution in [0.2, 0.25) is 0 Å². The van der Waals surface area contributed by atoms with E-state index in [2.05, 4.69) is 26.0 Å². The number of hydrogen-bond donors (Lipinski definition) is 0. The van der Waals surface area contributed by atoms with Gasteiger partial charge in [-0.25, -0.2) is 0 Å². The predicted molar refractivity (Wildman–Crippen MR) is 62.2 cm³/mol. The number of azide groups is 1. The van der Waals surface area contributed by atoms with Crippen molar-refractivity contribution >= 4 is 27.4 Å². The molecular formula is C10H10BrN3O. The number of nitrogens with zero attached hydrogens (tertiary/aromatic N) is 3. The summed E-state index contributed by atoms with van der Waals surface area (Å²) in [5.74, 6) is 0.00111. The second kappa shape index (κ2) is 5.53. The zero-order valence-electron chi connectivity index (χ0n) is 8.27. The highest BCUT2D eigenvalue weighted by molar-refractivity contribution is 9.10. The molecule has 0 spiro atoms. The molecule has 0 aliphatic rings. The first-order valence-corrected chi connectivity index (χ1v) is 5.36. The second-order valence-corrected chi connectivity index (χ2v) is 3.94. The molecule has 0 fully saturated rings. The normalized spacial score (nSPS) is 9.47. The van der Waals surface area contributed by atoms with Gasteiger partial charge >= 0.3 is 0 Å². The molecular weight excluding hydrogens is 258 g/mol. The van der Waals surface area contributed by atoms with E-state index in [0.717, 1.165) is 10.9 Å². The van der Waals surface area contributed by atoms with Crippen LogP contribution in [-0.2, 0) is 0 Å². The molecule has 0 bridgehead atoms. The molecule has 4 nitrogen and oxygen atoms in total. The standard InChI is InChI=1S/C10H10BrN3O/c1-2-3-10(15)8-6-7(11)4-5-9(8)13-14-12/h4-6H,2-3H2,1H3. The van der Waals surface area contributed by atoms with E-state index in [4.69, 9.17) is 5.53 Å². The van der Waals surface area contributed by atoms with Gasteiger partial charge in [-0.3, -0.25) is 4.79 Å². The van der Waals surface area contributed by atoms with Crippen LogP contribution >= 0.6 is 15.9 Å². The van der Waals surface area contributed by atoms with Gasteiger partial charge in [-0.15, -0.1) is 0 Å². The van der Waals surface area contributed by atoms with Crippen LogP contribution in [0.4, 0.5) is 5.69 Å². The van der Waals surface area contributed by atoms with E-state index in [1.54, 1.807) is 18.2 Å². The molecule has 0 aliphatic heterocycles. The maximum absolute atomic E-state index is 11.7. The van der Waals surface area contributed by atoms with E-state index in [9.17, 15) is 4.79 Å². The summed E-state index contributed by atoms with van der Waals surface area (Å²) >= 11 is 3.28. The highest BCUT2D eigenvalue weighted by Crippen LogP contribution is 2.25. The summed E-state index contributed by atoms with van der Waals surface area (Å²) in [7, 11) is 0. The second-order valence-electron chi connectivity index (χ2n) is 3.02. The van der Waals surface area contributed by atoms with Crippen LogP contribution in [0.15, 0.2) is 27.8 Å². The van der Waals surface area contributed by atoms with Crippen molar-refractivity contribution < 1.29 is 4.79 Å². The highest BCUT2D eigenvalue weighted by atomic mass is 79.9. The average Bonchev–Trinajstić information content (AvgIpc) is 2.21. The Morgan fingerprint density at radius 2 is 2.33 bits per heavy atom. The topological polar surface area (TPSA) is 65.8 Å². The summed E-state index contributed by atoms with van der Waals surface area (Å²) in [5, 5.41) is 3.49. The summed E-state index contributed by atoms with van der Waals surface area (Å²) in [5.41, 5.74) is 9.22. The first-order chi connectivity index (χ1) is 7.19. The summed E-state index contributed by atoms with van der Waals surface area (Å²) in [6, 6.07) is 5.06. The Bertz CT molecular complexity index is 425. The molecule has 0 heterocycles. The van der Waals surface area contributed by atoms with E-state index < -0.39 is 0 Å². The van der Waals surface area contributed by atoms with E-state index in [0.29, 0.717) is 17.7 Å². The summed E-state index contributed by atoms with van der Waals surface area (Å²) < 4.78 is 0.804. The van der Waals surface area contributed by atoms with Crippen LogP contribution in [0.25, 0.3) is 10.4 Å². The van der Waals surface area contributed by atoms with Crippen LogP contribution in [0.1, 0.15) is 30.1 Å². The molecule has 0 aromatic heterocycles. The molecule has 15 heavy (non-hydrogen) atoms. The van der Waals surface area contributed by atoms with Gasteiger partial charge in [0, 0.05) is 27.1 Å². The summed E-state index contributed by atoms with van der Waals surface area (Å²) in [4.78, 5) is 14.4. The molecule has 0 radical (unpaired) electrons. The van der Waals surface area contributed by atoms with Gasteiger partial charge in [0.05, 0.1) is 0 Å². The van der Waals surface area contributed by atoms with Gasteiger partial charge in [0.25, 0.3) is 0 Å². The molecule has 1 rings (SSSR count). The average molecular weight is 268 g/mol. The molecule has 1 aromatic rings. The van der Waals surface area contributed by atoms with Crippen LogP contribution in [0, 0.1) is 0 Å². The lowest BCUT2D eigenvalue weighted by Crippen LogP contribution is -1.98. The molecule has 0 saturated heterocycles. The molecule has 0 saturated carbocycles. The van der Waals surface area contributed by atoms with Gasteiger partial charge in [-0.2, -0.15) is 0 Å². The Labute approximate surface area is 96.1 Å². The minimum Gasteiger partial charge on any atom is -0.294 e. The van der Waals surface area contributed by atoms with E-state index in [1.165, 1.54) is 0 Å². The zero-order valence-corrected chi connectivity index (χ0v) is 9.86.